The monoisotopic (exact) mass is 395 g/mol. The van der Waals surface area contributed by atoms with Crippen molar-refractivity contribution in [1.82, 2.24) is 25.1 Å². The minimum atomic E-state index is -0.113. The third kappa shape index (κ3) is 4.29. The molecule has 0 saturated carbocycles. The summed E-state index contributed by atoms with van der Waals surface area (Å²) in [5, 5.41) is 8.16. The van der Waals surface area contributed by atoms with E-state index >= 15 is 0 Å². The van der Waals surface area contributed by atoms with Crippen molar-refractivity contribution in [2.45, 2.75) is 13.1 Å². The second-order valence-electron chi connectivity index (χ2n) is 7.17. The fraction of sp³-hybridized carbons (Fsp3) is 0.400. The second-order valence-corrected chi connectivity index (χ2v) is 7.17. The first-order valence-electron chi connectivity index (χ1n) is 9.64. The van der Waals surface area contributed by atoms with Crippen LogP contribution >= 0.6 is 0 Å². The average Bonchev–Trinajstić information content (AvgIpc) is 3.16. The van der Waals surface area contributed by atoms with Gasteiger partial charge in [-0.05, 0) is 17.7 Å². The van der Waals surface area contributed by atoms with E-state index in [1.807, 2.05) is 43.3 Å². The first kappa shape index (κ1) is 19.1. The highest BCUT2D eigenvalue weighted by Crippen LogP contribution is 2.23. The van der Waals surface area contributed by atoms with Crippen LogP contribution in [-0.4, -0.2) is 66.1 Å². The van der Waals surface area contributed by atoms with Gasteiger partial charge >= 0.3 is 0 Å². The molecule has 0 aliphatic carbocycles. The van der Waals surface area contributed by atoms with Crippen LogP contribution in [0.5, 0.6) is 0 Å². The Balaban J connectivity index is 1.41. The molecule has 1 amide bonds. The molecule has 0 radical (unpaired) electrons. The van der Waals surface area contributed by atoms with Gasteiger partial charge in [0, 0.05) is 39.4 Å². The fourth-order valence-corrected chi connectivity index (χ4v) is 3.33. The fourth-order valence-electron chi connectivity index (χ4n) is 3.33. The Morgan fingerprint density at radius 2 is 1.93 bits per heavy atom. The maximum atomic E-state index is 12.4. The zero-order chi connectivity index (χ0) is 20.2. The van der Waals surface area contributed by atoms with E-state index in [4.69, 9.17) is 4.74 Å². The maximum absolute atomic E-state index is 12.4. The Hall–Kier alpha value is -3.20. The number of carbonyl (C=O) groups is 1. The predicted octanol–water partition coefficient (Wildman–Crippen LogP) is 1.05. The summed E-state index contributed by atoms with van der Waals surface area (Å²) < 4.78 is 7.03. The number of amides is 1. The van der Waals surface area contributed by atoms with Gasteiger partial charge in [0.25, 0.3) is 0 Å². The summed E-state index contributed by atoms with van der Waals surface area (Å²) in [4.78, 5) is 25.4. The molecule has 9 nitrogen and oxygen atoms in total. The summed E-state index contributed by atoms with van der Waals surface area (Å²) in [5.41, 5.74) is 2.83. The Bertz CT molecular complexity index is 978. The maximum Gasteiger partial charge on any atom is 0.242 e. The molecule has 2 aromatic heterocycles. The topological polar surface area (TPSA) is 88.4 Å². The zero-order valence-corrected chi connectivity index (χ0v) is 16.7. The lowest BCUT2D eigenvalue weighted by Crippen LogP contribution is -2.36. The first-order valence-corrected chi connectivity index (χ1v) is 9.64. The highest BCUT2D eigenvalue weighted by Gasteiger charge is 2.18. The van der Waals surface area contributed by atoms with Crippen LogP contribution in [0.15, 0.2) is 36.8 Å². The van der Waals surface area contributed by atoms with Crippen molar-refractivity contribution in [2.75, 3.05) is 50.2 Å². The summed E-state index contributed by atoms with van der Waals surface area (Å²) in [5.74, 6) is 0.726. The predicted molar refractivity (Wildman–Crippen MR) is 111 cm³/mol. The Morgan fingerprint density at radius 3 is 2.66 bits per heavy atom. The van der Waals surface area contributed by atoms with Crippen molar-refractivity contribution >= 4 is 28.4 Å². The van der Waals surface area contributed by atoms with Crippen LogP contribution in [0, 0.1) is 0 Å². The molecule has 9 heteroatoms. The first-order chi connectivity index (χ1) is 14.1. The van der Waals surface area contributed by atoms with Gasteiger partial charge in [0.2, 0.25) is 5.91 Å². The number of aromatic nitrogens is 4. The molecule has 4 rings (SSSR count). The van der Waals surface area contributed by atoms with E-state index in [-0.39, 0.29) is 12.5 Å². The number of nitrogens with zero attached hydrogens (tertiary/aromatic N) is 6. The summed E-state index contributed by atoms with van der Waals surface area (Å²) >= 11 is 0. The van der Waals surface area contributed by atoms with Crippen LogP contribution < -0.4 is 15.1 Å². The average molecular weight is 395 g/mol. The highest BCUT2D eigenvalue weighted by atomic mass is 16.5. The lowest BCUT2D eigenvalue weighted by molar-refractivity contribution is -0.121. The number of hydrogen-bond acceptors (Lipinski definition) is 7. The van der Waals surface area contributed by atoms with Crippen LogP contribution in [-0.2, 0) is 22.6 Å². The van der Waals surface area contributed by atoms with Crippen LogP contribution in [0.3, 0.4) is 0 Å². The summed E-state index contributed by atoms with van der Waals surface area (Å²) in [6, 6.07) is 8.10. The number of anilines is 2. The van der Waals surface area contributed by atoms with Gasteiger partial charge in [-0.25, -0.2) is 14.6 Å². The van der Waals surface area contributed by atoms with Crippen molar-refractivity contribution in [1.29, 1.82) is 0 Å². The smallest absolute Gasteiger partial charge is 0.242 e. The molecule has 0 bridgehead atoms. The molecule has 3 heterocycles. The van der Waals surface area contributed by atoms with Gasteiger partial charge in [0.05, 0.1) is 24.8 Å². The molecule has 1 saturated heterocycles. The number of carbonyl (C=O) groups excluding carboxylic acids is 1. The lowest BCUT2D eigenvalue weighted by atomic mass is 10.2. The molecule has 1 aliphatic rings. The minimum Gasteiger partial charge on any atom is -0.378 e. The number of ether oxygens (including phenoxy) is 1. The quantitative estimate of drug-likeness (QED) is 0.667. The molecular weight excluding hydrogens is 370 g/mol. The van der Waals surface area contributed by atoms with Crippen molar-refractivity contribution in [3.63, 3.8) is 0 Å². The number of rotatable bonds is 6. The largest absolute Gasteiger partial charge is 0.378 e. The van der Waals surface area contributed by atoms with Gasteiger partial charge < -0.3 is 19.9 Å². The number of fused-ring (bicyclic) bond motifs is 1. The highest BCUT2D eigenvalue weighted by molar-refractivity contribution is 5.87. The van der Waals surface area contributed by atoms with E-state index in [2.05, 4.69) is 25.3 Å². The normalized spacial score (nSPS) is 14.2. The van der Waals surface area contributed by atoms with Gasteiger partial charge in [0.15, 0.2) is 5.65 Å². The molecule has 1 aliphatic heterocycles. The molecule has 1 aromatic carbocycles. The number of hydrogen-bond donors (Lipinski definition) is 1. The standard InChI is InChI=1S/C20H25N7O2/c1-25(2)16-5-3-15(4-6-16)11-21-18(28)13-27-20-17(12-24-27)19(22-14-23-20)26-7-9-29-10-8-26/h3-6,12,14H,7-11,13H2,1-2H3,(H,21,28). The Kier molecular flexibility index (Phi) is 5.57. The van der Waals surface area contributed by atoms with Gasteiger partial charge in [-0.15, -0.1) is 0 Å². The van der Waals surface area contributed by atoms with Gasteiger partial charge in [0.1, 0.15) is 18.7 Å². The van der Waals surface area contributed by atoms with Gasteiger partial charge in [-0.1, -0.05) is 12.1 Å². The third-order valence-electron chi connectivity index (χ3n) is 4.96. The molecule has 0 spiro atoms. The van der Waals surface area contributed by atoms with Crippen molar-refractivity contribution in [3.8, 4) is 0 Å². The Morgan fingerprint density at radius 1 is 1.17 bits per heavy atom. The van der Waals surface area contributed by atoms with E-state index in [1.54, 1.807) is 10.9 Å². The van der Waals surface area contributed by atoms with E-state index in [0.29, 0.717) is 25.4 Å². The molecule has 29 heavy (non-hydrogen) atoms. The van der Waals surface area contributed by atoms with E-state index < -0.39 is 0 Å². The van der Waals surface area contributed by atoms with Crippen LogP contribution in [0.25, 0.3) is 11.0 Å². The zero-order valence-electron chi connectivity index (χ0n) is 16.7. The summed E-state index contributed by atoms with van der Waals surface area (Å²) in [6.45, 7) is 3.50. The van der Waals surface area contributed by atoms with Gasteiger partial charge in [-0.3, -0.25) is 4.79 Å². The van der Waals surface area contributed by atoms with Gasteiger partial charge in [-0.2, -0.15) is 5.10 Å². The molecule has 1 fully saturated rings. The SMILES string of the molecule is CN(C)c1ccc(CNC(=O)Cn2ncc3c(N4CCOCC4)ncnc32)cc1. The van der Waals surface area contributed by atoms with Crippen molar-refractivity contribution in [3.05, 3.63) is 42.4 Å². The molecule has 3 aromatic rings. The second kappa shape index (κ2) is 8.44. The van der Waals surface area contributed by atoms with E-state index in [9.17, 15) is 4.79 Å². The number of morpholine rings is 1. The summed E-state index contributed by atoms with van der Waals surface area (Å²) in [7, 11) is 4.00. The van der Waals surface area contributed by atoms with Crippen molar-refractivity contribution in [2.24, 2.45) is 0 Å². The molecule has 0 unspecified atom stereocenters. The molecule has 0 atom stereocenters. The minimum absolute atomic E-state index is 0.110. The van der Waals surface area contributed by atoms with E-state index in [1.165, 1.54) is 6.33 Å². The van der Waals surface area contributed by atoms with E-state index in [0.717, 1.165) is 35.5 Å². The molecule has 152 valence electrons. The van der Waals surface area contributed by atoms with Crippen LogP contribution in [0.4, 0.5) is 11.5 Å². The van der Waals surface area contributed by atoms with Crippen LogP contribution in [0.1, 0.15) is 5.56 Å². The number of benzene rings is 1. The Labute approximate surface area is 169 Å². The van der Waals surface area contributed by atoms with Crippen molar-refractivity contribution < 1.29 is 9.53 Å². The summed E-state index contributed by atoms with van der Waals surface area (Å²) in [6.07, 6.45) is 3.25. The molecular formula is C20H25N7O2. The third-order valence-corrected chi connectivity index (χ3v) is 4.96. The lowest BCUT2D eigenvalue weighted by Gasteiger charge is -2.27. The molecule has 1 N–H and O–H groups in total. The number of nitrogens with one attached hydrogen (secondary N) is 1. The van der Waals surface area contributed by atoms with Crippen LogP contribution in [0.2, 0.25) is 0 Å².